The number of methoxy groups -OCH3 is 2. The number of nitrogens with zero attached hydrogens (tertiary/aromatic N) is 3. The van der Waals surface area contributed by atoms with Gasteiger partial charge >= 0.3 is 0 Å². The molecule has 1 N–H and O–H groups in total. The van der Waals surface area contributed by atoms with Gasteiger partial charge in [-0.3, -0.25) is 9.69 Å². The summed E-state index contributed by atoms with van der Waals surface area (Å²) in [6.07, 6.45) is 0.879. The van der Waals surface area contributed by atoms with Crippen LogP contribution in [0.25, 0.3) is 0 Å². The molecule has 0 bridgehead atoms. The molecular formula is C17H22N4O4. The Morgan fingerprint density at radius 1 is 1.32 bits per heavy atom. The number of likely N-dealkylation sites (tertiary alicyclic amines) is 1. The van der Waals surface area contributed by atoms with Gasteiger partial charge in [0.15, 0.2) is 0 Å². The van der Waals surface area contributed by atoms with E-state index in [1.54, 1.807) is 21.1 Å². The molecule has 2 heterocycles. The largest absolute Gasteiger partial charge is 0.497 e. The Balaban J connectivity index is 1.57. The van der Waals surface area contributed by atoms with Gasteiger partial charge in [-0.1, -0.05) is 5.16 Å². The highest BCUT2D eigenvalue weighted by molar-refractivity contribution is 5.90. The van der Waals surface area contributed by atoms with E-state index in [4.69, 9.17) is 14.0 Å². The molecule has 3 rings (SSSR count). The zero-order valence-corrected chi connectivity index (χ0v) is 14.6. The lowest BCUT2D eigenvalue weighted by Crippen LogP contribution is -2.37. The number of aryl methyl sites for hydroxylation is 1. The Hall–Kier alpha value is -2.61. The van der Waals surface area contributed by atoms with Crippen molar-refractivity contribution >= 4 is 5.91 Å². The fraction of sp³-hybridized carbons (Fsp3) is 0.471. The van der Waals surface area contributed by atoms with Gasteiger partial charge in [0.2, 0.25) is 5.89 Å². The molecule has 1 fully saturated rings. The van der Waals surface area contributed by atoms with E-state index in [0.29, 0.717) is 5.89 Å². The molecule has 1 saturated heterocycles. The first-order chi connectivity index (χ1) is 12.1. The van der Waals surface area contributed by atoms with Crippen molar-refractivity contribution in [3.8, 4) is 11.5 Å². The molecule has 1 atom stereocenters. The van der Waals surface area contributed by atoms with Crippen molar-refractivity contribution in [1.82, 2.24) is 20.4 Å². The van der Waals surface area contributed by atoms with E-state index in [0.717, 1.165) is 43.1 Å². The number of ether oxygens (including phenoxy) is 2. The van der Waals surface area contributed by atoms with Crippen LogP contribution in [0, 0.1) is 6.92 Å². The van der Waals surface area contributed by atoms with Crippen LogP contribution < -0.4 is 14.8 Å². The Morgan fingerprint density at radius 3 is 2.64 bits per heavy atom. The summed E-state index contributed by atoms with van der Waals surface area (Å²) >= 11 is 0. The standard InChI is InChI=1S/C17H22N4O4/c1-11-18-16(20-25-11)17(22)19-13-4-5-21(10-13)9-12-6-14(23-2)8-15(7-12)24-3/h6-8,13H,4-5,9-10H2,1-3H3,(H,19,22)/t13-/m0/s1. The first-order valence-electron chi connectivity index (χ1n) is 8.13. The number of amides is 1. The summed E-state index contributed by atoms with van der Waals surface area (Å²) in [4.78, 5) is 18.3. The lowest BCUT2D eigenvalue weighted by Gasteiger charge is -2.17. The zero-order chi connectivity index (χ0) is 17.8. The number of carbonyl (C=O) groups is 1. The second-order valence-corrected chi connectivity index (χ2v) is 6.05. The summed E-state index contributed by atoms with van der Waals surface area (Å²) in [5, 5.41) is 6.60. The number of hydrogen-bond donors (Lipinski definition) is 1. The van der Waals surface area contributed by atoms with Gasteiger partial charge in [-0.15, -0.1) is 0 Å². The predicted octanol–water partition coefficient (Wildman–Crippen LogP) is 1.40. The van der Waals surface area contributed by atoms with Crippen molar-refractivity contribution in [3.63, 3.8) is 0 Å². The molecule has 0 spiro atoms. The Bertz CT molecular complexity index is 724. The molecule has 0 saturated carbocycles. The topological polar surface area (TPSA) is 89.7 Å². The molecule has 0 radical (unpaired) electrons. The molecule has 25 heavy (non-hydrogen) atoms. The normalized spacial score (nSPS) is 17.5. The summed E-state index contributed by atoms with van der Waals surface area (Å²) < 4.78 is 15.5. The van der Waals surface area contributed by atoms with Crippen LogP contribution in [0.15, 0.2) is 22.7 Å². The van der Waals surface area contributed by atoms with Crippen molar-refractivity contribution in [3.05, 3.63) is 35.5 Å². The Kier molecular flexibility index (Phi) is 5.18. The van der Waals surface area contributed by atoms with Gasteiger partial charge in [0.25, 0.3) is 11.7 Å². The molecular weight excluding hydrogens is 324 g/mol. The second kappa shape index (κ2) is 7.52. The minimum absolute atomic E-state index is 0.0683. The van der Waals surface area contributed by atoms with Crippen LogP contribution in [-0.4, -0.2) is 54.3 Å². The van der Waals surface area contributed by atoms with Crippen molar-refractivity contribution in [2.24, 2.45) is 0 Å². The van der Waals surface area contributed by atoms with Crippen LogP contribution >= 0.6 is 0 Å². The minimum atomic E-state index is -0.299. The van der Waals surface area contributed by atoms with Crippen LogP contribution in [0.4, 0.5) is 0 Å². The third-order valence-electron chi connectivity index (χ3n) is 4.16. The van der Waals surface area contributed by atoms with Gasteiger partial charge < -0.3 is 19.3 Å². The van der Waals surface area contributed by atoms with Crippen LogP contribution in [0.1, 0.15) is 28.5 Å². The average Bonchev–Trinajstić information content (AvgIpc) is 3.23. The molecule has 1 aliphatic rings. The fourth-order valence-corrected chi connectivity index (χ4v) is 2.95. The summed E-state index contributed by atoms with van der Waals surface area (Å²) in [6.45, 7) is 4.09. The SMILES string of the molecule is COc1cc(CN2CC[C@H](NC(=O)c3noc(C)n3)C2)cc(OC)c1. The molecule has 1 aliphatic heterocycles. The average molecular weight is 346 g/mol. The summed E-state index contributed by atoms with van der Waals surface area (Å²) in [7, 11) is 3.28. The van der Waals surface area contributed by atoms with Crippen LogP contribution in [0.5, 0.6) is 11.5 Å². The van der Waals surface area contributed by atoms with Gasteiger partial charge in [-0.05, 0) is 24.1 Å². The molecule has 2 aromatic rings. The molecule has 1 amide bonds. The highest BCUT2D eigenvalue weighted by Crippen LogP contribution is 2.24. The van der Waals surface area contributed by atoms with Crippen molar-refractivity contribution in [2.75, 3.05) is 27.3 Å². The van der Waals surface area contributed by atoms with E-state index in [-0.39, 0.29) is 17.8 Å². The minimum Gasteiger partial charge on any atom is -0.497 e. The van der Waals surface area contributed by atoms with Crippen LogP contribution in [0.3, 0.4) is 0 Å². The van der Waals surface area contributed by atoms with E-state index in [1.807, 2.05) is 18.2 Å². The van der Waals surface area contributed by atoms with E-state index in [9.17, 15) is 4.79 Å². The molecule has 1 aromatic heterocycles. The van der Waals surface area contributed by atoms with Crippen LogP contribution in [-0.2, 0) is 6.54 Å². The highest BCUT2D eigenvalue weighted by Gasteiger charge is 2.26. The molecule has 8 nitrogen and oxygen atoms in total. The summed E-state index contributed by atoms with van der Waals surface area (Å²) in [5.41, 5.74) is 1.11. The number of benzene rings is 1. The smallest absolute Gasteiger partial charge is 0.292 e. The maximum absolute atomic E-state index is 12.1. The Labute approximate surface area is 146 Å². The van der Waals surface area contributed by atoms with Gasteiger partial charge in [-0.2, -0.15) is 4.98 Å². The quantitative estimate of drug-likeness (QED) is 0.845. The number of rotatable bonds is 6. The number of aromatic nitrogens is 2. The van der Waals surface area contributed by atoms with E-state index < -0.39 is 0 Å². The van der Waals surface area contributed by atoms with Crippen molar-refractivity contribution in [1.29, 1.82) is 0 Å². The number of nitrogens with one attached hydrogen (secondary N) is 1. The van der Waals surface area contributed by atoms with E-state index in [2.05, 4.69) is 20.4 Å². The maximum Gasteiger partial charge on any atom is 0.292 e. The van der Waals surface area contributed by atoms with Gasteiger partial charge in [0.1, 0.15) is 11.5 Å². The number of carbonyl (C=O) groups excluding carboxylic acids is 1. The molecule has 0 unspecified atom stereocenters. The lowest BCUT2D eigenvalue weighted by molar-refractivity contribution is 0.0924. The molecule has 134 valence electrons. The monoisotopic (exact) mass is 346 g/mol. The van der Waals surface area contributed by atoms with Crippen molar-refractivity contribution in [2.45, 2.75) is 25.9 Å². The molecule has 0 aliphatic carbocycles. The molecule has 8 heteroatoms. The van der Waals surface area contributed by atoms with Gasteiger partial charge in [0, 0.05) is 38.7 Å². The van der Waals surface area contributed by atoms with Crippen LogP contribution in [0.2, 0.25) is 0 Å². The summed E-state index contributed by atoms with van der Waals surface area (Å²) in [5.74, 6) is 1.70. The van der Waals surface area contributed by atoms with Crippen molar-refractivity contribution < 1.29 is 18.8 Å². The third-order valence-corrected chi connectivity index (χ3v) is 4.16. The second-order valence-electron chi connectivity index (χ2n) is 6.05. The van der Waals surface area contributed by atoms with Gasteiger partial charge in [-0.25, -0.2) is 0 Å². The maximum atomic E-state index is 12.1. The zero-order valence-electron chi connectivity index (χ0n) is 14.6. The highest BCUT2D eigenvalue weighted by atomic mass is 16.5. The van der Waals surface area contributed by atoms with Gasteiger partial charge in [0.05, 0.1) is 14.2 Å². The Morgan fingerprint density at radius 2 is 2.04 bits per heavy atom. The number of hydrogen-bond acceptors (Lipinski definition) is 7. The fourth-order valence-electron chi connectivity index (χ4n) is 2.95. The molecule has 1 aromatic carbocycles. The third kappa shape index (κ3) is 4.27. The summed E-state index contributed by atoms with van der Waals surface area (Å²) in [6, 6.07) is 5.91. The first kappa shape index (κ1) is 17.2. The first-order valence-corrected chi connectivity index (χ1v) is 8.13. The van der Waals surface area contributed by atoms with E-state index >= 15 is 0 Å². The van der Waals surface area contributed by atoms with E-state index in [1.165, 1.54) is 0 Å². The lowest BCUT2D eigenvalue weighted by atomic mass is 10.2. The predicted molar refractivity (Wildman–Crippen MR) is 89.7 cm³/mol.